The van der Waals surface area contributed by atoms with E-state index >= 15 is 0 Å². The molecule has 0 heterocycles. The standard InChI is InChI=1S/C10H20.C2H6/c1-4-5-10-7-8(2)6-9(10)3;1-2/h8-10H,4-7H2,1-3H3;1-2H3. The Hall–Kier alpha value is 0. The average molecular weight is 170 g/mol. The normalized spacial score (nSPS) is 34.2. The molecule has 0 amide bonds. The molecule has 0 aromatic rings. The topological polar surface area (TPSA) is 0 Å². The summed E-state index contributed by atoms with van der Waals surface area (Å²) < 4.78 is 0. The third kappa shape index (κ3) is 3.60. The summed E-state index contributed by atoms with van der Waals surface area (Å²) in [5.41, 5.74) is 0. The SMILES string of the molecule is CC.CCCC1CC(C)CC1C. The van der Waals surface area contributed by atoms with Gasteiger partial charge in [-0.2, -0.15) is 0 Å². The van der Waals surface area contributed by atoms with Gasteiger partial charge in [-0.3, -0.25) is 0 Å². The predicted molar refractivity (Wildman–Crippen MR) is 57.3 cm³/mol. The molecule has 0 nitrogen and oxygen atoms in total. The van der Waals surface area contributed by atoms with Crippen molar-refractivity contribution < 1.29 is 0 Å². The molecule has 0 aromatic heterocycles. The molecule has 1 fully saturated rings. The van der Waals surface area contributed by atoms with Gasteiger partial charge in [-0.15, -0.1) is 0 Å². The summed E-state index contributed by atoms with van der Waals surface area (Å²) in [7, 11) is 0. The van der Waals surface area contributed by atoms with Crippen molar-refractivity contribution in [3.63, 3.8) is 0 Å². The third-order valence-corrected chi connectivity index (χ3v) is 2.94. The molecule has 0 N–H and O–H groups in total. The van der Waals surface area contributed by atoms with Crippen molar-refractivity contribution in [3.8, 4) is 0 Å². The van der Waals surface area contributed by atoms with Gasteiger partial charge in [0, 0.05) is 0 Å². The van der Waals surface area contributed by atoms with E-state index in [1.54, 1.807) is 0 Å². The van der Waals surface area contributed by atoms with Gasteiger partial charge < -0.3 is 0 Å². The van der Waals surface area contributed by atoms with Crippen LogP contribution in [0.4, 0.5) is 0 Å². The Bertz CT molecular complexity index is 96.2. The van der Waals surface area contributed by atoms with E-state index in [9.17, 15) is 0 Å². The fraction of sp³-hybridized carbons (Fsp3) is 1.00. The van der Waals surface area contributed by atoms with Gasteiger partial charge in [-0.1, -0.05) is 47.5 Å². The maximum atomic E-state index is 2.42. The third-order valence-electron chi connectivity index (χ3n) is 2.94. The zero-order chi connectivity index (χ0) is 9.56. The zero-order valence-corrected chi connectivity index (χ0v) is 9.56. The van der Waals surface area contributed by atoms with E-state index in [-0.39, 0.29) is 0 Å². The molecule has 0 saturated heterocycles. The van der Waals surface area contributed by atoms with Crippen molar-refractivity contribution in [2.45, 2.75) is 60.3 Å². The van der Waals surface area contributed by atoms with Gasteiger partial charge in [0.15, 0.2) is 0 Å². The second kappa shape index (κ2) is 6.51. The molecule has 0 heteroatoms. The molecule has 0 aliphatic heterocycles. The van der Waals surface area contributed by atoms with Crippen molar-refractivity contribution in [2.24, 2.45) is 17.8 Å². The summed E-state index contributed by atoms with van der Waals surface area (Å²) in [4.78, 5) is 0. The molecule has 0 radical (unpaired) electrons. The van der Waals surface area contributed by atoms with Gasteiger partial charge in [0.05, 0.1) is 0 Å². The summed E-state index contributed by atoms with van der Waals surface area (Å²) in [6.07, 6.45) is 5.81. The molecule has 0 aromatic carbocycles. The van der Waals surface area contributed by atoms with Gasteiger partial charge in [0.2, 0.25) is 0 Å². The maximum absolute atomic E-state index is 2.42. The van der Waals surface area contributed by atoms with Crippen LogP contribution in [0.15, 0.2) is 0 Å². The Morgan fingerprint density at radius 3 is 2.00 bits per heavy atom. The second-order valence-electron chi connectivity index (χ2n) is 4.10. The van der Waals surface area contributed by atoms with Crippen LogP contribution < -0.4 is 0 Å². The molecule has 3 atom stereocenters. The van der Waals surface area contributed by atoms with Crippen LogP contribution in [0.1, 0.15) is 60.3 Å². The van der Waals surface area contributed by atoms with Crippen LogP contribution in [0.25, 0.3) is 0 Å². The summed E-state index contributed by atoms with van der Waals surface area (Å²) >= 11 is 0. The largest absolute Gasteiger partial charge is 0.0683 e. The predicted octanol–water partition coefficient (Wildman–Crippen LogP) is 4.49. The Labute approximate surface area is 78.8 Å². The average Bonchev–Trinajstić information content (AvgIpc) is 2.35. The minimum absolute atomic E-state index is 1.01. The monoisotopic (exact) mass is 170 g/mol. The lowest BCUT2D eigenvalue weighted by atomic mass is 9.94. The highest BCUT2D eigenvalue weighted by molar-refractivity contribution is 4.78. The van der Waals surface area contributed by atoms with Crippen LogP contribution in [-0.2, 0) is 0 Å². The highest BCUT2D eigenvalue weighted by atomic mass is 14.3. The van der Waals surface area contributed by atoms with Crippen molar-refractivity contribution in [3.05, 3.63) is 0 Å². The number of hydrogen-bond acceptors (Lipinski definition) is 0. The van der Waals surface area contributed by atoms with Gasteiger partial charge in [0.25, 0.3) is 0 Å². The summed E-state index contributed by atoms with van der Waals surface area (Å²) in [6, 6.07) is 0. The highest BCUT2D eigenvalue weighted by Crippen LogP contribution is 2.38. The lowest BCUT2D eigenvalue weighted by Crippen LogP contribution is -2.02. The lowest BCUT2D eigenvalue weighted by Gasteiger charge is -2.12. The lowest BCUT2D eigenvalue weighted by molar-refractivity contribution is 0.387. The summed E-state index contributed by atoms with van der Waals surface area (Å²) in [6.45, 7) is 11.1. The smallest absolute Gasteiger partial charge is 0.0386 e. The van der Waals surface area contributed by atoms with Crippen molar-refractivity contribution in [1.82, 2.24) is 0 Å². The Kier molecular flexibility index (Phi) is 6.51. The molecule has 0 bridgehead atoms. The number of rotatable bonds is 2. The van der Waals surface area contributed by atoms with E-state index in [0.717, 1.165) is 17.8 Å². The second-order valence-corrected chi connectivity index (χ2v) is 4.10. The molecule has 1 saturated carbocycles. The quantitative estimate of drug-likeness (QED) is 0.572. The van der Waals surface area contributed by atoms with Crippen LogP contribution in [0.2, 0.25) is 0 Å². The first kappa shape index (κ1) is 12.0. The molecule has 1 aliphatic rings. The minimum Gasteiger partial charge on any atom is -0.0683 e. The minimum atomic E-state index is 1.01. The zero-order valence-electron chi connectivity index (χ0n) is 9.56. The molecular formula is C12H26. The summed E-state index contributed by atoms with van der Waals surface area (Å²) in [5.74, 6) is 3.07. The first-order valence-electron chi connectivity index (χ1n) is 5.74. The summed E-state index contributed by atoms with van der Waals surface area (Å²) in [5, 5.41) is 0. The van der Waals surface area contributed by atoms with Gasteiger partial charge in [-0.05, 0) is 30.6 Å². The van der Waals surface area contributed by atoms with Crippen molar-refractivity contribution in [1.29, 1.82) is 0 Å². The van der Waals surface area contributed by atoms with E-state index < -0.39 is 0 Å². The van der Waals surface area contributed by atoms with Crippen LogP contribution >= 0.6 is 0 Å². The number of hydrogen-bond donors (Lipinski definition) is 0. The molecule has 3 unspecified atom stereocenters. The fourth-order valence-corrected chi connectivity index (χ4v) is 2.45. The van der Waals surface area contributed by atoms with E-state index in [4.69, 9.17) is 0 Å². The van der Waals surface area contributed by atoms with E-state index in [2.05, 4.69) is 20.8 Å². The van der Waals surface area contributed by atoms with Gasteiger partial charge >= 0.3 is 0 Å². The molecule has 0 spiro atoms. The molecule has 74 valence electrons. The maximum Gasteiger partial charge on any atom is -0.0386 e. The van der Waals surface area contributed by atoms with Crippen LogP contribution in [0.5, 0.6) is 0 Å². The van der Waals surface area contributed by atoms with E-state index in [1.807, 2.05) is 13.8 Å². The highest BCUT2D eigenvalue weighted by Gasteiger charge is 2.27. The first-order valence-corrected chi connectivity index (χ1v) is 5.74. The molecule has 12 heavy (non-hydrogen) atoms. The first-order chi connectivity index (χ1) is 5.74. The molecule has 1 rings (SSSR count). The van der Waals surface area contributed by atoms with Gasteiger partial charge in [-0.25, -0.2) is 0 Å². The van der Waals surface area contributed by atoms with Crippen molar-refractivity contribution in [2.75, 3.05) is 0 Å². The van der Waals surface area contributed by atoms with E-state index in [0.29, 0.717) is 0 Å². The Morgan fingerprint density at radius 2 is 1.67 bits per heavy atom. The molecular weight excluding hydrogens is 144 g/mol. The van der Waals surface area contributed by atoms with Gasteiger partial charge in [0.1, 0.15) is 0 Å². The van der Waals surface area contributed by atoms with Crippen LogP contribution in [0.3, 0.4) is 0 Å². The Balaban J connectivity index is 0.000000561. The van der Waals surface area contributed by atoms with Crippen LogP contribution in [0, 0.1) is 17.8 Å². The van der Waals surface area contributed by atoms with E-state index in [1.165, 1.54) is 25.7 Å². The van der Waals surface area contributed by atoms with Crippen LogP contribution in [-0.4, -0.2) is 0 Å². The molecule has 1 aliphatic carbocycles. The fourth-order valence-electron chi connectivity index (χ4n) is 2.45. The Morgan fingerprint density at radius 1 is 1.08 bits per heavy atom. The van der Waals surface area contributed by atoms with Crippen molar-refractivity contribution >= 4 is 0 Å².